The summed E-state index contributed by atoms with van der Waals surface area (Å²) in [5.74, 6) is -0.687. The highest BCUT2D eigenvalue weighted by molar-refractivity contribution is 9.10. The smallest absolute Gasteiger partial charge is 0.304 e. The fourth-order valence-corrected chi connectivity index (χ4v) is 5.57. The Morgan fingerprint density at radius 2 is 1.61 bits per heavy atom. The lowest BCUT2D eigenvalue weighted by Crippen LogP contribution is -2.53. The molecule has 196 valence electrons. The fourth-order valence-electron chi connectivity index (χ4n) is 4.25. The number of nitrogens with one attached hydrogen (secondary N) is 1. The fraction of sp³-hybridized carbons (Fsp3) is 0.462. The summed E-state index contributed by atoms with van der Waals surface area (Å²) >= 11 is 3.42. The number of halogens is 1. The standard InChI is InChI=1S/C26H35BrN4O4S/c1-20(26(33)28-23-10-6-4-7-11-23)30(18-21-14-16-22(27)17-15-21)25(32)19-31(36(34,35)29(2)3)24-12-8-5-9-13-24/h5,8-9,12-17,20,23H,4,6-7,10-11,18-19H2,1-3H3,(H,28,33). The lowest BCUT2D eigenvalue weighted by atomic mass is 9.95. The lowest BCUT2D eigenvalue weighted by Gasteiger charge is -2.33. The normalized spacial score (nSPS) is 15.4. The van der Waals surface area contributed by atoms with Crippen LogP contribution in [0.2, 0.25) is 0 Å². The van der Waals surface area contributed by atoms with Crippen LogP contribution in [0.25, 0.3) is 0 Å². The molecule has 1 aliphatic rings. The number of anilines is 1. The van der Waals surface area contributed by atoms with Crippen molar-refractivity contribution in [2.75, 3.05) is 24.9 Å². The highest BCUT2D eigenvalue weighted by atomic mass is 79.9. The van der Waals surface area contributed by atoms with Crippen LogP contribution in [0.5, 0.6) is 0 Å². The minimum Gasteiger partial charge on any atom is -0.352 e. The van der Waals surface area contributed by atoms with Crippen LogP contribution in [0.15, 0.2) is 59.1 Å². The van der Waals surface area contributed by atoms with Gasteiger partial charge in [-0.1, -0.05) is 65.5 Å². The Bertz CT molecular complexity index is 1120. The molecule has 8 nitrogen and oxygen atoms in total. The van der Waals surface area contributed by atoms with E-state index in [4.69, 9.17) is 0 Å². The van der Waals surface area contributed by atoms with Crippen molar-refractivity contribution in [3.8, 4) is 0 Å². The first-order chi connectivity index (χ1) is 17.1. The number of rotatable bonds is 10. The van der Waals surface area contributed by atoms with Crippen LogP contribution in [0.4, 0.5) is 5.69 Å². The van der Waals surface area contributed by atoms with Crippen molar-refractivity contribution in [2.24, 2.45) is 0 Å². The maximum Gasteiger partial charge on any atom is 0.304 e. The van der Waals surface area contributed by atoms with Gasteiger partial charge in [0.1, 0.15) is 12.6 Å². The van der Waals surface area contributed by atoms with E-state index in [0.29, 0.717) is 5.69 Å². The maximum atomic E-state index is 13.7. The van der Waals surface area contributed by atoms with Gasteiger partial charge in [0.05, 0.1) is 5.69 Å². The summed E-state index contributed by atoms with van der Waals surface area (Å²) in [5.41, 5.74) is 1.22. The molecule has 2 aromatic carbocycles. The van der Waals surface area contributed by atoms with E-state index in [2.05, 4.69) is 21.2 Å². The lowest BCUT2D eigenvalue weighted by molar-refractivity contribution is -0.139. The van der Waals surface area contributed by atoms with E-state index in [0.717, 1.165) is 44.3 Å². The predicted molar refractivity (Wildman–Crippen MR) is 146 cm³/mol. The third-order valence-electron chi connectivity index (χ3n) is 6.45. The number of nitrogens with zero attached hydrogens (tertiary/aromatic N) is 3. The van der Waals surface area contributed by atoms with Gasteiger partial charge in [-0.05, 0) is 49.6 Å². The molecule has 0 saturated heterocycles. The molecule has 2 amide bonds. The maximum absolute atomic E-state index is 13.7. The first-order valence-electron chi connectivity index (χ1n) is 12.2. The molecule has 1 aliphatic carbocycles. The highest BCUT2D eigenvalue weighted by Gasteiger charge is 2.33. The van der Waals surface area contributed by atoms with Gasteiger partial charge >= 0.3 is 10.2 Å². The number of carbonyl (C=O) groups excluding carboxylic acids is 2. The van der Waals surface area contributed by atoms with E-state index in [-0.39, 0.29) is 18.5 Å². The van der Waals surface area contributed by atoms with Crippen LogP contribution in [-0.2, 0) is 26.3 Å². The van der Waals surface area contributed by atoms with Crippen LogP contribution in [0.1, 0.15) is 44.6 Å². The molecule has 1 fully saturated rings. The summed E-state index contributed by atoms with van der Waals surface area (Å²) in [7, 11) is -1.10. The van der Waals surface area contributed by atoms with Crippen molar-refractivity contribution in [1.82, 2.24) is 14.5 Å². The highest BCUT2D eigenvalue weighted by Crippen LogP contribution is 2.22. The van der Waals surface area contributed by atoms with Crippen molar-refractivity contribution in [3.63, 3.8) is 0 Å². The van der Waals surface area contributed by atoms with E-state index >= 15 is 0 Å². The Labute approximate surface area is 223 Å². The van der Waals surface area contributed by atoms with E-state index in [9.17, 15) is 18.0 Å². The number of hydrogen-bond donors (Lipinski definition) is 1. The number of carbonyl (C=O) groups is 2. The average molecular weight is 580 g/mol. The Morgan fingerprint density at radius 3 is 2.19 bits per heavy atom. The van der Waals surface area contributed by atoms with Gasteiger partial charge in [-0.25, -0.2) is 4.31 Å². The molecule has 0 bridgehead atoms. The molecule has 1 saturated carbocycles. The summed E-state index contributed by atoms with van der Waals surface area (Å²) < 4.78 is 29.4. The molecule has 0 heterocycles. The Balaban J connectivity index is 1.88. The van der Waals surface area contributed by atoms with Crippen molar-refractivity contribution in [2.45, 2.75) is 57.7 Å². The van der Waals surface area contributed by atoms with E-state index in [1.807, 2.05) is 24.3 Å². The Kier molecular flexibility index (Phi) is 9.92. The van der Waals surface area contributed by atoms with Gasteiger partial charge in [0.25, 0.3) is 0 Å². The molecule has 2 aromatic rings. The molecule has 1 atom stereocenters. The zero-order valence-corrected chi connectivity index (χ0v) is 23.5. The zero-order valence-electron chi connectivity index (χ0n) is 21.1. The van der Waals surface area contributed by atoms with Crippen LogP contribution in [0, 0.1) is 0 Å². The molecule has 0 aromatic heterocycles. The van der Waals surface area contributed by atoms with Gasteiger partial charge in [-0.2, -0.15) is 12.7 Å². The molecular weight excluding hydrogens is 544 g/mol. The molecule has 36 heavy (non-hydrogen) atoms. The summed E-state index contributed by atoms with van der Waals surface area (Å²) in [6.45, 7) is 1.44. The summed E-state index contributed by atoms with van der Waals surface area (Å²) in [6, 6.07) is 15.3. The van der Waals surface area contributed by atoms with Crippen molar-refractivity contribution in [1.29, 1.82) is 0 Å². The Hall–Kier alpha value is -2.43. The van der Waals surface area contributed by atoms with Gasteiger partial charge in [0, 0.05) is 31.2 Å². The van der Waals surface area contributed by atoms with E-state index in [1.165, 1.54) is 25.4 Å². The van der Waals surface area contributed by atoms with Gasteiger partial charge in [0.2, 0.25) is 11.8 Å². The molecular formula is C26H35BrN4O4S. The topological polar surface area (TPSA) is 90.0 Å². The second-order valence-corrected chi connectivity index (χ2v) is 12.3. The van der Waals surface area contributed by atoms with Gasteiger partial charge in [0.15, 0.2) is 0 Å². The van der Waals surface area contributed by atoms with Crippen LogP contribution in [0.3, 0.4) is 0 Å². The molecule has 0 radical (unpaired) electrons. The summed E-state index contributed by atoms with van der Waals surface area (Å²) in [6.07, 6.45) is 5.19. The second-order valence-electron chi connectivity index (χ2n) is 9.30. The minimum atomic E-state index is -3.96. The van der Waals surface area contributed by atoms with Crippen molar-refractivity contribution >= 4 is 43.6 Å². The third-order valence-corrected chi connectivity index (χ3v) is 8.80. The molecule has 0 spiro atoms. The predicted octanol–water partition coefficient (Wildman–Crippen LogP) is 3.93. The minimum absolute atomic E-state index is 0.105. The van der Waals surface area contributed by atoms with Crippen LogP contribution in [-0.4, -0.2) is 62.2 Å². The van der Waals surface area contributed by atoms with Crippen molar-refractivity contribution < 1.29 is 18.0 Å². The zero-order chi connectivity index (χ0) is 26.3. The van der Waals surface area contributed by atoms with E-state index in [1.54, 1.807) is 37.3 Å². The summed E-state index contributed by atoms with van der Waals surface area (Å²) in [4.78, 5) is 28.4. The van der Waals surface area contributed by atoms with Gasteiger partial charge in [-0.15, -0.1) is 0 Å². The third kappa shape index (κ3) is 7.30. The van der Waals surface area contributed by atoms with Crippen LogP contribution >= 0.6 is 15.9 Å². The first kappa shape index (κ1) is 28.1. The van der Waals surface area contributed by atoms with Gasteiger partial charge < -0.3 is 10.2 Å². The molecule has 1 N–H and O–H groups in total. The molecule has 1 unspecified atom stereocenters. The monoisotopic (exact) mass is 578 g/mol. The number of hydrogen-bond acceptors (Lipinski definition) is 4. The second kappa shape index (κ2) is 12.7. The Morgan fingerprint density at radius 1 is 1.00 bits per heavy atom. The van der Waals surface area contributed by atoms with Crippen molar-refractivity contribution in [3.05, 3.63) is 64.6 Å². The largest absolute Gasteiger partial charge is 0.352 e. The molecule has 10 heteroatoms. The van der Waals surface area contributed by atoms with E-state index < -0.39 is 28.7 Å². The van der Waals surface area contributed by atoms with Crippen LogP contribution < -0.4 is 9.62 Å². The summed E-state index contributed by atoms with van der Waals surface area (Å²) in [5, 5.41) is 3.10. The SMILES string of the molecule is CC(C(=O)NC1CCCCC1)N(Cc1ccc(Br)cc1)C(=O)CN(c1ccccc1)S(=O)(=O)N(C)C. The quantitative estimate of drug-likeness (QED) is 0.462. The first-order valence-corrected chi connectivity index (χ1v) is 14.4. The molecule has 3 rings (SSSR count). The molecule has 0 aliphatic heterocycles. The number of amides is 2. The average Bonchev–Trinajstić information content (AvgIpc) is 2.87. The number of benzene rings is 2. The number of para-hydroxylation sites is 1. The van der Waals surface area contributed by atoms with Gasteiger partial charge in [-0.3, -0.25) is 9.59 Å².